The number of nitro groups is 1. The van der Waals surface area contributed by atoms with Crippen LogP contribution in [0.25, 0.3) is 15.3 Å². The molecule has 0 bridgehead atoms. The molecule has 4 aromatic rings. The molecule has 0 atom stereocenters. The molecular weight excluding hydrogens is 402 g/mol. The lowest BCUT2D eigenvalue weighted by atomic mass is 10.3. The molecule has 0 aliphatic carbocycles. The second kappa shape index (κ2) is 7.02. The van der Waals surface area contributed by atoms with Gasteiger partial charge in [0.15, 0.2) is 0 Å². The number of thiazole rings is 1. The van der Waals surface area contributed by atoms with E-state index in [1.165, 1.54) is 23.5 Å². The van der Waals surface area contributed by atoms with Gasteiger partial charge in [-0.3, -0.25) is 14.9 Å². The van der Waals surface area contributed by atoms with E-state index in [2.05, 4.69) is 15.4 Å². The number of ether oxygens (including phenoxy) is 1. The molecule has 3 aromatic heterocycles. The standard InChI is InChI=1S/C17H13N5O4S2/c1-9-7-14(19-16(23)12-5-6-15(27-12)22(24)25)21(20-9)17-18-11-4-3-10(26-2)8-13(11)28-17/h3-8H,1-2H3,(H,19,23). The zero-order chi connectivity index (χ0) is 19.8. The Balaban J connectivity index is 1.66. The maximum absolute atomic E-state index is 12.5. The third kappa shape index (κ3) is 3.32. The summed E-state index contributed by atoms with van der Waals surface area (Å²) in [5, 5.41) is 18.5. The summed E-state index contributed by atoms with van der Waals surface area (Å²) in [5.74, 6) is 0.721. The molecule has 0 aliphatic heterocycles. The largest absolute Gasteiger partial charge is 0.497 e. The van der Waals surface area contributed by atoms with E-state index >= 15 is 0 Å². The van der Waals surface area contributed by atoms with Gasteiger partial charge in [-0.25, -0.2) is 4.98 Å². The summed E-state index contributed by atoms with van der Waals surface area (Å²) in [6.07, 6.45) is 0. The summed E-state index contributed by atoms with van der Waals surface area (Å²) in [4.78, 5) is 27.6. The molecule has 0 aliphatic rings. The topological polar surface area (TPSA) is 112 Å². The second-order valence-electron chi connectivity index (χ2n) is 5.76. The average Bonchev–Trinajstić information content (AvgIpc) is 3.38. The first-order chi connectivity index (χ1) is 13.4. The molecule has 0 saturated carbocycles. The Morgan fingerprint density at radius 2 is 2.07 bits per heavy atom. The first-order valence-electron chi connectivity index (χ1n) is 8.02. The molecule has 3 heterocycles. The predicted octanol–water partition coefficient (Wildman–Crippen LogP) is 4.02. The van der Waals surface area contributed by atoms with Crippen molar-refractivity contribution in [2.75, 3.05) is 12.4 Å². The molecule has 0 radical (unpaired) electrons. The van der Waals surface area contributed by atoms with Crippen LogP contribution in [0.4, 0.5) is 10.8 Å². The Kier molecular flexibility index (Phi) is 4.53. The van der Waals surface area contributed by atoms with Crippen molar-refractivity contribution in [3.8, 4) is 10.9 Å². The van der Waals surface area contributed by atoms with Gasteiger partial charge in [0.2, 0.25) is 5.13 Å². The van der Waals surface area contributed by atoms with Crippen LogP contribution in [0.1, 0.15) is 15.4 Å². The van der Waals surface area contributed by atoms with Crippen molar-refractivity contribution in [1.82, 2.24) is 14.8 Å². The van der Waals surface area contributed by atoms with Crippen molar-refractivity contribution < 1.29 is 14.5 Å². The Morgan fingerprint density at radius 1 is 1.25 bits per heavy atom. The van der Waals surface area contributed by atoms with Gasteiger partial charge in [-0.15, -0.1) is 0 Å². The van der Waals surface area contributed by atoms with Crippen LogP contribution in [-0.4, -0.2) is 32.7 Å². The first kappa shape index (κ1) is 18.1. The highest BCUT2D eigenvalue weighted by molar-refractivity contribution is 7.20. The number of aryl methyl sites for hydroxylation is 1. The number of methoxy groups -OCH3 is 1. The molecule has 9 nitrogen and oxygen atoms in total. The van der Waals surface area contributed by atoms with Crippen LogP contribution in [0.15, 0.2) is 36.4 Å². The molecule has 4 rings (SSSR count). The number of hydrogen-bond donors (Lipinski definition) is 1. The molecule has 0 unspecified atom stereocenters. The fraction of sp³-hybridized carbons (Fsp3) is 0.118. The number of benzene rings is 1. The first-order valence-corrected chi connectivity index (χ1v) is 9.65. The van der Waals surface area contributed by atoms with Gasteiger partial charge in [0.05, 0.1) is 32.8 Å². The maximum atomic E-state index is 12.5. The van der Waals surface area contributed by atoms with E-state index in [9.17, 15) is 14.9 Å². The minimum Gasteiger partial charge on any atom is -0.497 e. The Morgan fingerprint density at radius 3 is 2.79 bits per heavy atom. The molecule has 28 heavy (non-hydrogen) atoms. The van der Waals surface area contributed by atoms with Gasteiger partial charge in [0.25, 0.3) is 5.91 Å². The van der Waals surface area contributed by atoms with Crippen molar-refractivity contribution in [2.24, 2.45) is 0 Å². The molecule has 11 heteroatoms. The summed E-state index contributed by atoms with van der Waals surface area (Å²) in [7, 11) is 1.60. The van der Waals surface area contributed by atoms with Crippen LogP contribution in [-0.2, 0) is 0 Å². The number of nitrogens with zero attached hydrogens (tertiary/aromatic N) is 4. The third-order valence-electron chi connectivity index (χ3n) is 3.83. The van der Waals surface area contributed by atoms with E-state index in [0.29, 0.717) is 16.6 Å². The van der Waals surface area contributed by atoms with Crippen molar-refractivity contribution in [3.63, 3.8) is 0 Å². The van der Waals surface area contributed by atoms with Crippen LogP contribution in [0.2, 0.25) is 0 Å². The number of fused-ring (bicyclic) bond motifs is 1. The lowest BCUT2D eigenvalue weighted by Gasteiger charge is -2.04. The van der Waals surface area contributed by atoms with E-state index in [1.807, 2.05) is 18.2 Å². The molecular formula is C17H13N5O4S2. The molecule has 0 saturated heterocycles. The van der Waals surface area contributed by atoms with Crippen LogP contribution in [0, 0.1) is 17.0 Å². The summed E-state index contributed by atoms with van der Waals surface area (Å²) in [6, 6.07) is 10.0. The molecule has 1 N–H and O–H groups in total. The number of rotatable bonds is 5. The van der Waals surface area contributed by atoms with Crippen LogP contribution < -0.4 is 10.1 Å². The second-order valence-corrected chi connectivity index (χ2v) is 7.83. The van der Waals surface area contributed by atoms with Crippen LogP contribution in [0.5, 0.6) is 5.75 Å². The monoisotopic (exact) mass is 415 g/mol. The predicted molar refractivity (Wildman–Crippen MR) is 107 cm³/mol. The minimum atomic E-state index is -0.523. The smallest absolute Gasteiger partial charge is 0.324 e. The zero-order valence-electron chi connectivity index (χ0n) is 14.7. The highest BCUT2D eigenvalue weighted by atomic mass is 32.1. The van der Waals surface area contributed by atoms with Gasteiger partial charge in [0.1, 0.15) is 11.6 Å². The lowest BCUT2D eigenvalue weighted by molar-refractivity contribution is -0.380. The summed E-state index contributed by atoms with van der Waals surface area (Å²) in [6.45, 7) is 1.80. The minimum absolute atomic E-state index is 0.0880. The maximum Gasteiger partial charge on any atom is 0.324 e. The summed E-state index contributed by atoms with van der Waals surface area (Å²) in [5.41, 5.74) is 1.49. The number of anilines is 1. The Labute approximate surface area is 166 Å². The van der Waals surface area contributed by atoms with Gasteiger partial charge in [-0.05, 0) is 31.2 Å². The molecule has 142 valence electrons. The number of hydrogen-bond acceptors (Lipinski definition) is 8. The van der Waals surface area contributed by atoms with Crippen LogP contribution in [0.3, 0.4) is 0 Å². The van der Waals surface area contributed by atoms with Gasteiger partial charge in [0, 0.05) is 12.1 Å². The number of aromatic nitrogens is 3. The highest BCUT2D eigenvalue weighted by Gasteiger charge is 2.19. The fourth-order valence-electron chi connectivity index (χ4n) is 2.57. The summed E-state index contributed by atoms with van der Waals surface area (Å²) >= 11 is 2.23. The van der Waals surface area contributed by atoms with Crippen molar-refractivity contribution in [1.29, 1.82) is 0 Å². The van der Waals surface area contributed by atoms with Gasteiger partial charge in [-0.1, -0.05) is 22.7 Å². The average molecular weight is 415 g/mol. The van der Waals surface area contributed by atoms with E-state index in [-0.39, 0.29) is 9.88 Å². The van der Waals surface area contributed by atoms with Crippen molar-refractivity contribution in [3.05, 3.63) is 57.1 Å². The van der Waals surface area contributed by atoms with Crippen LogP contribution >= 0.6 is 22.7 Å². The third-order valence-corrected chi connectivity index (χ3v) is 5.86. The van der Waals surface area contributed by atoms with E-state index < -0.39 is 10.8 Å². The molecule has 0 spiro atoms. The Hall–Kier alpha value is -3.31. The lowest BCUT2D eigenvalue weighted by Crippen LogP contribution is -2.13. The Bertz CT molecular complexity index is 1210. The number of carbonyl (C=O) groups is 1. The summed E-state index contributed by atoms with van der Waals surface area (Å²) < 4.78 is 7.71. The number of thiophene rings is 1. The van der Waals surface area contributed by atoms with Gasteiger partial charge >= 0.3 is 5.00 Å². The van der Waals surface area contributed by atoms with Crippen molar-refractivity contribution in [2.45, 2.75) is 6.92 Å². The molecule has 0 fully saturated rings. The molecule has 1 amide bonds. The highest BCUT2D eigenvalue weighted by Crippen LogP contribution is 2.30. The number of carbonyl (C=O) groups excluding carboxylic acids is 1. The van der Waals surface area contributed by atoms with Gasteiger partial charge in [-0.2, -0.15) is 9.78 Å². The zero-order valence-corrected chi connectivity index (χ0v) is 16.3. The van der Waals surface area contributed by atoms with E-state index in [4.69, 9.17) is 4.74 Å². The van der Waals surface area contributed by atoms with E-state index in [0.717, 1.165) is 27.3 Å². The number of nitrogens with one attached hydrogen (secondary N) is 1. The molecule has 1 aromatic carbocycles. The van der Waals surface area contributed by atoms with Gasteiger partial charge < -0.3 is 10.1 Å². The fourth-order valence-corrected chi connectivity index (χ4v) is 4.25. The normalized spacial score (nSPS) is 10.9. The number of amides is 1. The van der Waals surface area contributed by atoms with E-state index in [1.54, 1.807) is 24.8 Å². The quantitative estimate of drug-likeness (QED) is 0.389. The SMILES string of the molecule is COc1ccc2nc(-n3nc(C)cc3NC(=O)c3ccc([N+](=O)[O-])s3)sc2c1. The van der Waals surface area contributed by atoms with Crippen molar-refractivity contribution >= 4 is 49.6 Å².